The molecule has 0 N–H and O–H groups in total. The molecule has 4 nitrogen and oxygen atoms in total. The van der Waals surface area contributed by atoms with E-state index in [1.165, 1.54) is 0 Å². The lowest BCUT2D eigenvalue weighted by Gasteiger charge is -2.19. The Morgan fingerprint density at radius 1 is 1.32 bits per heavy atom. The second-order valence-electron chi connectivity index (χ2n) is 4.41. The Labute approximate surface area is 112 Å². The molecule has 0 saturated heterocycles. The number of carbonyl (C=O) groups is 1. The van der Waals surface area contributed by atoms with Crippen molar-refractivity contribution in [3.63, 3.8) is 0 Å². The Balaban J connectivity index is 2.18. The molecule has 0 aliphatic rings. The molecule has 4 heteroatoms. The second-order valence-corrected chi connectivity index (χ2v) is 4.41. The summed E-state index contributed by atoms with van der Waals surface area (Å²) in [5.41, 5.74) is 2.01. The molecule has 2 aromatic rings. The first-order valence-corrected chi connectivity index (χ1v) is 5.98. The number of hydrogen-bond donors (Lipinski definition) is 0. The molecule has 0 unspecified atom stereocenters. The van der Waals surface area contributed by atoms with Crippen molar-refractivity contribution >= 4 is 11.5 Å². The van der Waals surface area contributed by atoms with E-state index in [4.69, 9.17) is 5.26 Å². The van der Waals surface area contributed by atoms with E-state index in [0.29, 0.717) is 11.3 Å². The molecule has 0 atom stereocenters. The largest absolute Gasteiger partial charge is 0.366 e. The van der Waals surface area contributed by atoms with Crippen LogP contribution < -0.4 is 4.90 Å². The standard InChI is InChI=1S/C15H15N3O/c1-17-9-5-8-14(17)15(19)11-18(2)13-7-4-3-6-12(13)10-16/h3-9H,11H2,1-2H3. The Hall–Kier alpha value is -2.54. The minimum Gasteiger partial charge on any atom is -0.366 e. The normalized spacial score (nSPS) is 9.95. The number of benzene rings is 1. The predicted octanol–water partition coefficient (Wildman–Crippen LogP) is 2.22. The number of anilines is 1. The monoisotopic (exact) mass is 253 g/mol. The van der Waals surface area contributed by atoms with Gasteiger partial charge in [0.2, 0.25) is 0 Å². The molecule has 1 aromatic carbocycles. The summed E-state index contributed by atoms with van der Waals surface area (Å²) in [6.45, 7) is 0.247. The second kappa shape index (κ2) is 5.40. The van der Waals surface area contributed by atoms with Crippen molar-refractivity contribution in [1.82, 2.24) is 4.57 Å². The van der Waals surface area contributed by atoms with E-state index < -0.39 is 0 Å². The van der Waals surface area contributed by atoms with Crippen molar-refractivity contribution in [2.45, 2.75) is 0 Å². The molecule has 2 rings (SSSR count). The number of ketones is 1. The van der Waals surface area contributed by atoms with Gasteiger partial charge in [0.1, 0.15) is 6.07 Å². The molecule has 0 radical (unpaired) electrons. The fourth-order valence-corrected chi connectivity index (χ4v) is 2.03. The number of aryl methyl sites for hydroxylation is 1. The van der Waals surface area contributed by atoms with Gasteiger partial charge in [-0.05, 0) is 24.3 Å². The summed E-state index contributed by atoms with van der Waals surface area (Å²) >= 11 is 0. The molecular formula is C15H15N3O. The molecule has 0 aliphatic carbocycles. The van der Waals surface area contributed by atoms with Gasteiger partial charge in [0.15, 0.2) is 5.78 Å². The summed E-state index contributed by atoms with van der Waals surface area (Å²) in [6.07, 6.45) is 1.84. The minimum atomic E-state index is 0.0303. The van der Waals surface area contributed by atoms with Gasteiger partial charge in [0, 0.05) is 20.3 Å². The van der Waals surface area contributed by atoms with Crippen LogP contribution in [0.2, 0.25) is 0 Å². The van der Waals surface area contributed by atoms with Crippen LogP contribution in [0.4, 0.5) is 5.69 Å². The number of hydrogen-bond acceptors (Lipinski definition) is 3. The van der Waals surface area contributed by atoms with Crippen molar-refractivity contribution in [3.8, 4) is 6.07 Å². The number of nitrogens with zero attached hydrogens (tertiary/aromatic N) is 3. The van der Waals surface area contributed by atoms with Crippen LogP contribution in [0.1, 0.15) is 16.1 Å². The van der Waals surface area contributed by atoms with Gasteiger partial charge < -0.3 is 9.47 Å². The number of carbonyl (C=O) groups excluding carboxylic acids is 1. The number of rotatable bonds is 4. The van der Waals surface area contributed by atoms with Gasteiger partial charge >= 0.3 is 0 Å². The zero-order valence-electron chi connectivity index (χ0n) is 11.0. The maximum Gasteiger partial charge on any atom is 0.198 e. The summed E-state index contributed by atoms with van der Waals surface area (Å²) in [5, 5.41) is 9.06. The van der Waals surface area contributed by atoms with Crippen LogP contribution in [0.5, 0.6) is 0 Å². The summed E-state index contributed by atoms with van der Waals surface area (Å²) in [5.74, 6) is 0.0303. The molecule has 1 aromatic heterocycles. The lowest BCUT2D eigenvalue weighted by atomic mass is 10.1. The van der Waals surface area contributed by atoms with E-state index in [9.17, 15) is 4.79 Å². The van der Waals surface area contributed by atoms with Gasteiger partial charge in [-0.25, -0.2) is 0 Å². The summed E-state index contributed by atoms with van der Waals surface area (Å²) in [7, 11) is 3.66. The lowest BCUT2D eigenvalue weighted by Crippen LogP contribution is -2.27. The molecule has 0 aliphatic heterocycles. The predicted molar refractivity (Wildman–Crippen MR) is 74.2 cm³/mol. The molecule has 1 heterocycles. The van der Waals surface area contributed by atoms with Crippen LogP contribution in [0.3, 0.4) is 0 Å². The molecule has 0 spiro atoms. The number of likely N-dealkylation sites (N-methyl/N-ethyl adjacent to an activating group) is 1. The summed E-state index contributed by atoms with van der Waals surface area (Å²) < 4.78 is 1.80. The first kappa shape index (κ1) is 12.9. The highest BCUT2D eigenvalue weighted by Gasteiger charge is 2.14. The van der Waals surface area contributed by atoms with Gasteiger partial charge in [-0.3, -0.25) is 4.79 Å². The average molecular weight is 253 g/mol. The SMILES string of the molecule is CN(CC(=O)c1cccn1C)c1ccccc1C#N. The summed E-state index contributed by atoms with van der Waals surface area (Å²) in [6, 6.07) is 13.0. The topological polar surface area (TPSA) is 49.0 Å². The lowest BCUT2D eigenvalue weighted by molar-refractivity contribution is 0.0992. The van der Waals surface area contributed by atoms with Crippen LogP contribution in [-0.2, 0) is 7.05 Å². The number of aromatic nitrogens is 1. The smallest absolute Gasteiger partial charge is 0.198 e. The van der Waals surface area contributed by atoms with E-state index in [1.54, 1.807) is 21.6 Å². The third kappa shape index (κ3) is 2.66. The van der Waals surface area contributed by atoms with Crippen LogP contribution in [0.15, 0.2) is 42.6 Å². The Bertz CT molecular complexity index is 637. The van der Waals surface area contributed by atoms with Crippen molar-refractivity contribution in [2.24, 2.45) is 7.05 Å². The highest BCUT2D eigenvalue weighted by atomic mass is 16.1. The zero-order valence-corrected chi connectivity index (χ0v) is 11.0. The minimum absolute atomic E-state index is 0.0303. The van der Waals surface area contributed by atoms with Gasteiger partial charge in [0.05, 0.1) is 23.5 Å². The third-order valence-electron chi connectivity index (χ3n) is 3.05. The Morgan fingerprint density at radius 2 is 2.05 bits per heavy atom. The summed E-state index contributed by atoms with van der Waals surface area (Å²) in [4.78, 5) is 14.0. The van der Waals surface area contributed by atoms with Crippen LogP contribution in [0.25, 0.3) is 0 Å². The zero-order chi connectivity index (χ0) is 13.8. The molecule has 0 bridgehead atoms. The van der Waals surface area contributed by atoms with Crippen LogP contribution in [-0.4, -0.2) is 23.9 Å². The molecular weight excluding hydrogens is 238 g/mol. The molecule has 96 valence electrons. The van der Waals surface area contributed by atoms with Crippen LogP contribution >= 0.6 is 0 Å². The fraction of sp³-hybridized carbons (Fsp3) is 0.200. The maximum atomic E-state index is 12.2. The molecule has 19 heavy (non-hydrogen) atoms. The highest BCUT2D eigenvalue weighted by Crippen LogP contribution is 2.18. The molecule has 0 amide bonds. The number of nitriles is 1. The number of Topliss-reactive ketones (excluding diaryl/α,β-unsaturated/α-hetero) is 1. The number of para-hydroxylation sites is 1. The first-order chi connectivity index (χ1) is 9.13. The average Bonchev–Trinajstić information content (AvgIpc) is 2.85. The fourth-order valence-electron chi connectivity index (χ4n) is 2.03. The molecule has 0 fully saturated rings. The Morgan fingerprint density at radius 3 is 2.68 bits per heavy atom. The van der Waals surface area contributed by atoms with E-state index >= 15 is 0 Å². The van der Waals surface area contributed by atoms with Gasteiger partial charge in [-0.2, -0.15) is 5.26 Å². The van der Waals surface area contributed by atoms with Gasteiger partial charge in [-0.15, -0.1) is 0 Å². The van der Waals surface area contributed by atoms with Gasteiger partial charge in [-0.1, -0.05) is 12.1 Å². The maximum absolute atomic E-state index is 12.2. The third-order valence-corrected chi connectivity index (χ3v) is 3.05. The highest BCUT2D eigenvalue weighted by molar-refractivity contribution is 5.98. The molecule has 0 saturated carbocycles. The first-order valence-electron chi connectivity index (χ1n) is 5.98. The van der Waals surface area contributed by atoms with Crippen molar-refractivity contribution in [1.29, 1.82) is 5.26 Å². The quantitative estimate of drug-likeness (QED) is 0.785. The Kier molecular flexibility index (Phi) is 3.67. The van der Waals surface area contributed by atoms with E-state index in [0.717, 1.165) is 5.69 Å². The van der Waals surface area contributed by atoms with Crippen LogP contribution in [0, 0.1) is 11.3 Å². The van der Waals surface area contributed by atoms with Crippen molar-refractivity contribution in [2.75, 3.05) is 18.5 Å². The van der Waals surface area contributed by atoms with E-state index in [1.807, 2.05) is 44.6 Å². The van der Waals surface area contributed by atoms with Crippen molar-refractivity contribution < 1.29 is 4.79 Å². The van der Waals surface area contributed by atoms with E-state index in [2.05, 4.69) is 6.07 Å². The van der Waals surface area contributed by atoms with Crippen molar-refractivity contribution in [3.05, 3.63) is 53.9 Å². The van der Waals surface area contributed by atoms with E-state index in [-0.39, 0.29) is 12.3 Å². The van der Waals surface area contributed by atoms with Gasteiger partial charge in [0.25, 0.3) is 0 Å².